The fourth-order valence-corrected chi connectivity index (χ4v) is 3.80. The lowest BCUT2D eigenvalue weighted by atomic mass is 10.0. The monoisotopic (exact) mass is 465 g/mol. The van der Waals surface area contributed by atoms with Crippen LogP contribution in [-0.2, 0) is 20.9 Å². The number of benzene rings is 1. The standard InChI is InChI=1S/C24H27N5O5/c1-24(2,3)34-19(30)8-7-17(22(27)31)29-12-15-9-13(5-6-16(15)23(29)32)20-18(33-4)10-14(11-25)21(26)28-20/h5-6,9-10,17H,7-8,12H2,1-4H3,(H2,26,28)(H2,27,31). The van der Waals surface area contributed by atoms with Crippen molar-refractivity contribution in [3.63, 3.8) is 0 Å². The first-order chi connectivity index (χ1) is 15.9. The molecule has 1 aliphatic heterocycles. The molecule has 10 heteroatoms. The normalized spacial score (nSPS) is 13.7. The first-order valence-electron chi connectivity index (χ1n) is 10.6. The minimum Gasteiger partial charge on any atom is -0.494 e. The molecule has 4 N–H and O–H groups in total. The lowest BCUT2D eigenvalue weighted by Crippen LogP contribution is -2.45. The Labute approximate surface area is 197 Å². The van der Waals surface area contributed by atoms with Gasteiger partial charge in [-0.2, -0.15) is 5.26 Å². The number of hydrogen-bond donors (Lipinski definition) is 2. The van der Waals surface area contributed by atoms with Gasteiger partial charge in [0, 0.05) is 30.2 Å². The highest BCUT2D eigenvalue weighted by atomic mass is 16.6. The Kier molecular flexibility index (Phi) is 6.77. The average molecular weight is 466 g/mol. The van der Waals surface area contributed by atoms with Gasteiger partial charge in [0.25, 0.3) is 5.91 Å². The summed E-state index contributed by atoms with van der Waals surface area (Å²) < 4.78 is 10.7. The number of nitrogens with two attached hydrogens (primary N) is 2. The Balaban J connectivity index is 1.86. The third kappa shape index (κ3) is 5.09. The van der Waals surface area contributed by atoms with Crippen molar-refractivity contribution < 1.29 is 23.9 Å². The highest BCUT2D eigenvalue weighted by Gasteiger charge is 2.36. The second-order valence-electron chi connectivity index (χ2n) is 8.93. The Morgan fingerprint density at radius 2 is 2.00 bits per heavy atom. The largest absolute Gasteiger partial charge is 0.494 e. The van der Waals surface area contributed by atoms with Crippen LogP contribution in [0.3, 0.4) is 0 Å². The van der Waals surface area contributed by atoms with E-state index < -0.39 is 23.5 Å². The van der Waals surface area contributed by atoms with E-state index in [-0.39, 0.29) is 36.7 Å². The Morgan fingerprint density at radius 3 is 2.59 bits per heavy atom. The number of ether oxygens (including phenoxy) is 2. The summed E-state index contributed by atoms with van der Waals surface area (Å²) in [5, 5.41) is 9.18. The van der Waals surface area contributed by atoms with Gasteiger partial charge >= 0.3 is 5.97 Å². The van der Waals surface area contributed by atoms with Crippen molar-refractivity contribution in [1.82, 2.24) is 9.88 Å². The van der Waals surface area contributed by atoms with Gasteiger partial charge in [-0.25, -0.2) is 4.98 Å². The van der Waals surface area contributed by atoms with Crippen LogP contribution in [0.4, 0.5) is 5.82 Å². The van der Waals surface area contributed by atoms with Crippen LogP contribution >= 0.6 is 0 Å². The summed E-state index contributed by atoms with van der Waals surface area (Å²) in [5.41, 5.74) is 13.1. The number of nitrogen functional groups attached to an aromatic ring is 1. The lowest BCUT2D eigenvalue weighted by molar-refractivity contribution is -0.155. The number of amides is 2. The number of esters is 1. The van der Waals surface area contributed by atoms with Crippen molar-refractivity contribution in [3.05, 3.63) is 41.0 Å². The zero-order valence-corrected chi connectivity index (χ0v) is 19.5. The summed E-state index contributed by atoms with van der Waals surface area (Å²) in [7, 11) is 1.46. The quantitative estimate of drug-likeness (QED) is 0.588. The minimum atomic E-state index is -0.964. The highest BCUT2D eigenvalue weighted by Crippen LogP contribution is 2.35. The molecular weight excluding hydrogens is 438 g/mol. The van der Waals surface area contributed by atoms with E-state index in [1.165, 1.54) is 18.1 Å². The molecule has 2 amide bonds. The molecule has 0 spiro atoms. The maximum Gasteiger partial charge on any atom is 0.306 e. The van der Waals surface area contributed by atoms with Crippen molar-refractivity contribution >= 4 is 23.6 Å². The number of fused-ring (bicyclic) bond motifs is 1. The topological polar surface area (TPSA) is 162 Å². The molecular formula is C24H27N5O5. The first-order valence-corrected chi connectivity index (χ1v) is 10.6. The predicted molar refractivity (Wildman–Crippen MR) is 123 cm³/mol. The predicted octanol–water partition coefficient (Wildman–Crippen LogP) is 2.14. The molecule has 34 heavy (non-hydrogen) atoms. The molecule has 0 fully saturated rings. The number of nitrogens with zero attached hydrogens (tertiary/aromatic N) is 3. The highest BCUT2D eigenvalue weighted by molar-refractivity contribution is 6.01. The number of carbonyl (C=O) groups excluding carboxylic acids is 3. The van der Waals surface area contributed by atoms with Crippen LogP contribution in [0.25, 0.3) is 11.3 Å². The molecule has 0 bridgehead atoms. The summed E-state index contributed by atoms with van der Waals surface area (Å²) in [6.45, 7) is 5.39. The smallest absolute Gasteiger partial charge is 0.306 e. The third-order valence-electron chi connectivity index (χ3n) is 5.31. The molecule has 2 heterocycles. The summed E-state index contributed by atoms with van der Waals surface area (Å²) in [6, 6.07) is 7.58. The number of nitriles is 1. The van der Waals surface area contributed by atoms with E-state index in [1.54, 1.807) is 39.0 Å². The van der Waals surface area contributed by atoms with E-state index in [0.717, 1.165) is 0 Å². The molecule has 178 valence electrons. The van der Waals surface area contributed by atoms with Gasteiger partial charge in [0.2, 0.25) is 5.91 Å². The molecule has 1 aromatic carbocycles. The fraction of sp³-hybridized carbons (Fsp3) is 0.375. The van der Waals surface area contributed by atoms with E-state index in [9.17, 15) is 19.6 Å². The Morgan fingerprint density at radius 1 is 1.29 bits per heavy atom. The average Bonchev–Trinajstić information content (AvgIpc) is 3.07. The number of primary amides is 1. The van der Waals surface area contributed by atoms with Crippen LogP contribution in [-0.4, -0.2) is 46.4 Å². The van der Waals surface area contributed by atoms with Gasteiger partial charge in [-0.1, -0.05) is 6.07 Å². The van der Waals surface area contributed by atoms with Crippen molar-refractivity contribution in [2.24, 2.45) is 5.73 Å². The zero-order valence-electron chi connectivity index (χ0n) is 19.5. The molecule has 0 saturated carbocycles. The van der Waals surface area contributed by atoms with Crippen LogP contribution in [0.1, 0.15) is 55.1 Å². The van der Waals surface area contributed by atoms with Crippen molar-refractivity contribution in [3.8, 4) is 23.1 Å². The van der Waals surface area contributed by atoms with E-state index in [1.807, 2.05) is 6.07 Å². The van der Waals surface area contributed by atoms with Gasteiger partial charge in [0.15, 0.2) is 0 Å². The van der Waals surface area contributed by atoms with Crippen LogP contribution in [0.15, 0.2) is 24.3 Å². The van der Waals surface area contributed by atoms with Gasteiger partial charge in [0.05, 0.1) is 12.7 Å². The van der Waals surface area contributed by atoms with Gasteiger partial charge in [0.1, 0.15) is 35.0 Å². The van der Waals surface area contributed by atoms with E-state index in [2.05, 4.69) is 4.98 Å². The zero-order chi connectivity index (χ0) is 25.2. The number of hydrogen-bond acceptors (Lipinski definition) is 8. The van der Waals surface area contributed by atoms with Crippen molar-refractivity contribution in [2.45, 2.75) is 51.8 Å². The second-order valence-corrected chi connectivity index (χ2v) is 8.93. The van der Waals surface area contributed by atoms with E-state index in [0.29, 0.717) is 28.1 Å². The SMILES string of the molecule is COc1cc(C#N)c(N)nc1-c1ccc2c(c1)CN(C(CCC(=O)OC(C)(C)C)C(N)=O)C2=O. The van der Waals surface area contributed by atoms with E-state index >= 15 is 0 Å². The lowest BCUT2D eigenvalue weighted by Gasteiger charge is -2.25. The van der Waals surface area contributed by atoms with Gasteiger partial charge in [-0.15, -0.1) is 0 Å². The summed E-state index contributed by atoms with van der Waals surface area (Å²) in [6.07, 6.45) is 0.000253. The number of carbonyl (C=O) groups is 3. The second kappa shape index (κ2) is 9.39. The molecule has 2 aromatic rings. The molecule has 1 atom stereocenters. The van der Waals surface area contributed by atoms with Crippen LogP contribution in [0.5, 0.6) is 5.75 Å². The van der Waals surface area contributed by atoms with E-state index in [4.69, 9.17) is 20.9 Å². The van der Waals surface area contributed by atoms with Crippen molar-refractivity contribution in [2.75, 3.05) is 12.8 Å². The molecule has 0 radical (unpaired) electrons. The van der Waals surface area contributed by atoms with Crippen molar-refractivity contribution in [1.29, 1.82) is 5.26 Å². The summed E-state index contributed by atoms with van der Waals surface area (Å²) >= 11 is 0. The molecule has 1 aliphatic rings. The first kappa shape index (κ1) is 24.5. The molecule has 1 aromatic heterocycles. The number of pyridine rings is 1. The Hall–Kier alpha value is -4.13. The number of anilines is 1. The fourth-order valence-electron chi connectivity index (χ4n) is 3.80. The molecule has 1 unspecified atom stereocenters. The number of aromatic nitrogens is 1. The van der Waals surface area contributed by atoms with Crippen LogP contribution in [0, 0.1) is 11.3 Å². The third-order valence-corrected chi connectivity index (χ3v) is 5.31. The van der Waals surface area contributed by atoms with Gasteiger partial charge < -0.3 is 25.8 Å². The number of methoxy groups -OCH3 is 1. The van der Waals surface area contributed by atoms with Crippen LogP contribution in [0.2, 0.25) is 0 Å². The molecule has 10 nitrogen and oxygen atoms in total. The maximum absolute atomic E-state index is 13.0. The number of rotatable bonds is 7. The maximum atomic E-state index is 13.0. The molecule has 0 saturated heterocycles. The van der Waals surface area contributed by atoms with Gasteiger partial charge in [-0.3, -0.25) is 14.4 Å². The summed E-state index contributed by atoms with van der Waals surface area (Å²) in [5.74, 6) is -1.10. The van der Waals surface area contributed by atoms with Gasteiger partial charge in [-0.05, 0) is 44.9 Å². The minimum absolute atomic E-state index is 0.0537. The molecule has 0 aliphatic carbocycles. The van der Waals surface area contributed by atoms with Crippen LogP contribution < -0.4 is 16.2 Å². The Bertz CT molecular complexity index is 1200. The molecule has 3 rings (SSSR count). The summed E-state index contributed by atoms with van der Waals surface area (Å²) in [4.78, 5) is 43.0.